The predicted octanol–water partition coefficient (Wildman–Crippen LogP) is 1.54. The van der Waals surface area contributed by atoms with Gasteiger partial charge in [0.15, 0.2) is 11.6 Å². The molecular formula is C15H20N2O3. The minimum absolute atomic E-state index is 0.267. The van der Waals surface area contributed by atoms with Crippen molar-refractivity contribution in [2.24, 2.45) is 0 Å². The highest BCUT2D eigenvalue weighted by atomic mass is 16.6. The van der Waals surface area contributed by atoms with E-state index in [2.05, 4.69) is 16.8 Å². The van der Waals surface area contributed by atoms with Crippen molar-refractivity contribution in [1.82, 2.24) is 4.98 Å². The number of anilines is 1. The molecule has 1 aromatic rings. The van der Waals surface area contributed by atoms with Gasteiger partial charge in [0, 0.05) is 19.3 Å². The fourth-order valence-electron chi connectivity index (χ4n) is 3.37. The Kier molecular flexibility index (Phi) is 3.04. The van der Waals surface area contributed by atoms with E-state index in [1.54, 1.807) is 0 Å². The van der Waals surface area contributed by atoms with E-state index >= 15 is 0 Å². The van der Waals surface area contributed by atoms with Crippen LogP contribution in [0.5, 0.6) is 5.75 Å². The van der Waals surface area contributed by atoms with Gasteiger partial charge in [0.25, 0.3) is 0 Å². The number of hydrogen-bond donors (Lipinski definition) is 0. The lowest BCUT2D eigenvalue weighted by Crippen LogP contribution is -2.39. The van der Waals surface area contributed by atoms with Crippen molar-refractivity contribution < 1.29 is 14.2 Å². The van der Waals surface area contributed by atoms with Crippen LogP contribution in [-0.4, -0.2) is 49.6 Å². The van der Waals surface area contributed by atoms with Crippen LogP contribution in [0.1, 0.15) is 18.4 Å². The largest absolute Gasteiger partial charge is 0.487 e. The molecule has 2 fully saturated rings. The Hall–Kier alpha value is -1.33. The molecule has 20 heavy (non-hydrogen) atoms. The Bertz CT molecular complexity index is 502. The second kappa shape index (κ2) is 4.90. The minimum atomic E-state index is 0.267. The molecule has 3 aliphatic heterocycles. The highest BCUT2D eigenvalue weighted by molar-refractivity contribution is 5.59. The third-order valence-corrected chi connectivity index (χ3v) is 4.42. The molecule has 0 amide bonds. The molecule has 4 rings (SSSR count). The predicted molar refractivity (Wildman–Crippen MR) is 74.3 cm³/mol. The summed E-state index contributed by atoms with van der Waals surface area (Å²) < 4.78 is 17.4. The molecule has 0 aromatic carbocycles. The number of ether oxygens (including phenoxy) is 3. The summed E-state index contributed by atoms with van der Waals surface area (Å²) in [5.41, 5.74) is 1.15. The van der Waals surface area contributed by atoms with E-state index in [9.17, 15) is 0 Å². The van der Waals surface area contributed by atoms with Gasteiger partial charge < -0.3 is 19.1 Å². The summed E-state index contributed by atoms with van der Waals surface area (Å²) in [5, 5.41) is 0. The summed E-state index contributed by atoms with van der Waals surface area (Å²) in [4.78, 5) is 6.86. The molecule has 0 saturated carbocycles. The van der Waals surface area contributed by atoms with Gasteiger partial charge in [-0.15, -0.1) is 0 Å². The maximum absolute atomic E-state index is 6.16. The van der Waals surface area contributed by atoms with Crippen LogP contribution in [0.4, 0.5) is 5.82 Å². The Morgan fingerprint density at radius 3 is 3.15 bits per heavy atom. The zero-order valence-electron chi connectivity index (χ0n) is 11.7. The number of aryl methyl sites for hydroxylation is 1. The van der Waals surface area contributed by atoms with Gasteiger partial charge in [0.05, 0.1) is 24.9 Å². The topological polar surface area (TPSA) is 43.8 Å². The van der Waals surface area contributed by atoms with E-state index in [4.69, 9.17) is 14.2 Å². The van der Waals surface area contributed by atoms with Crippen LogP contribution < -0.4 is 9.64 Å². The highest BCUT2D eigenvalue weighted by Gasteiger charge is 2.39. The number of nitrogens with zero attached hydrogens (tertiary/aromatic N) is 2. The minimum Gasteiger partial charge on any atom is -0.487 e. The first-order valence-corrected chi connectivity index (χ1v) is 7.39. The molecule has 108 valence electrons. The number of aromatic nitrogens is 1. The highest BCUT2D eigenvalue weighted by Crippen LogP contribution is 2.39. The van der Waals surface area contributed by atoms with E-state index < -0.39 is 0 Å². The van der Waals surface area contributed by atoms with Crippen molar-refractivity contribution in [3.05, 3.63) is 17.8 Å². The van der Waals surface area contributed by atoms with Crippen molar-refractivity contribution in [2.45, 2.75) is 38.0 Å². The quantitative estimate of drug-likeness (QED) is 0.819. The smallest absolute Gasteiger partial charge is 0.172 e. The van der Waals surface area contributed by atoms with Gasteiger partial charge in [0.1, 0.15) is 6.61 Å². The molecule has 2 saturated heterocycles. The number of rotatable bonds is 2. The van der Waals surface area contributed by atoms with Gasteiger partial charge in [-0.25, -0.2) is 4.98 Å². The lowest BCUT2D eigenvalue weighted by Gasteiger charge is -2.32. The second-order valence-corrected chi connectivity index (χ2v) is 5.88. The average Bonchev–Trinajstić information content (AvgIpc) is 3.08. The van der Waals surface area contributed by atoms with Gasteiger partial charge in [0.2, 0.25) is 0 Å². The standard InChI is InChI=1S/C15H20N2O3/c1-10-2-4-16-15-14(10)19-8-11-6-13(7-17(11)15)20-12-3-5-18-9-12/h2,4,11-13H,3,5-9H2,1H3/t11-,12?,13-/m0/s1. The van der Waals surface area contributed by atoms with Gasteiger partial charge in [-0.05, 0) is 31.4 Å². The molecule has 0 bridgehead atoms. The molecule has 4 heterocycles. The van der Waals surface area contributed by atoms with E-state index in [0.717, 1.165) is 56.3 Å². The number of hydrogen-bond acceptors (Lipinski definition) is 5. The Morgan fingerprint density at radius 1 is 1.35 bits per heavy atom. The van der Waals surface area contributed by atoms with Crippen LogP contribution in [0.3, 0.4) is 0 Å². The molecule has 0 radical (unpaired) electrons. The summed E-state index contributed by atoms with van der Waals surface area (Å²) in [6.07, 6.45) is 4.44. The number of fused-ring (bicyclic) bond motifs is 3. The lowest BCUT2D eigenvalue weighted by molar-refractivity contribution is -0.00631. The van der Waals surface area contributed by atoms with Gasteiger partial charge in [-0.2, -0.15) is 0 Å². The third kappa shape index (κ3) is 2.05. The van der Waals surface area contributed by atoms with Crippen molar-refractivity contribution >= 4 is 5.82 Å². The third-order valence-electron chi connectivity index (χ3n) is 4.42. The van der Waals surface area contributed by atoms with Gasteiger partial charge in [-0.3, -0.25) is 0 Å². The summed E-state index contributed by atoms with van der Waals surface area (Å²) in [7, 11) is 0. The van der Waals surface area contributed by atoms with Crippen molar-refractivity contribution in [1.29, 1.82) is 0 Å². The zero-order valence-corrected chi connectivity index (χ0v) is 11.7. The summed E-state index contributed by atoms with van der Waals surface area (Å²) in [5.74, 6) is 1.92. The molecular weight excluding hydrogens is 256 g/mol. The van der Waals surface area contributed by atoms with Crippen LogP contribution in [0.15, 0.2) is 12.3 Å². The molecule has 0 spiro atoms. The molecule has 1 aromatic heterocycles. The maximum Gasteiger partial charge on any atom is 0.172 e. The molecule has 3 atom stereocenters. The average molecular weight is 276 g/mol. The fourth-order valence-corrected chi connectivity index (χ4v) is 3.37. The van der Waals surface area contributed by atoms with Crippen LogP contribution >= 0.6 is 0 Å². The van der Waals surface area contributed by atoms with E-state index in [1.807, 2.05) is 12.3 Å². The zero-order chi connectivity index (χ0) is 13.5. The monoisotopic (exact) mass is 276 g/mol. The van der Waals surface area contributed by atoms with Crippen molar-refractivity contribution in [2.75, 3.05) is 31.3 Å². The van der Waals surface area contributed by atoms with E-state index in [0.29, 0.717) is 6.04 Å². The van der Waals surface area contributed by atoms with Gasteiger partial charge >= 0.3 is 0 Å². The molecule has 3 aliphatic rings. The number of pyridine rings is 1. The van der Waals surface area contributed by atoms with Crippen LogP contribution in [-0.2, 0) is 9.47 Å². The Labute approximate surface area is 118 Å². The first-order chi connectivity index (χ1) is 9.81. The van der Waals surface area contributed by atoms with E-state index in [-0.39, 0.29) is 12.2 Å². The molecule has 5 heteroatoms. The Balaban J connectivity index is 1.51. The molecule has 1 unspecified atom stereocenters. The second-order valence-electron chi connectivity index (χ2n) is 5.88. The molecule has 0 aliphatic carbocycles. The van der Waals surface area contributed by atoms with Crippen LogP contribution in [0.2, 0.25) is 0 Å². The first-order valence-electron chi connectivity index (χ1n) is 7.39. The van der Waals surface area contributed by atoms with Crippen LogP contribution in [0, 0.1) is 6.92 Å². The van der Waals surface area contributed by atoms with Crippen molar-refractivity contribution in [3.8, 4) is 5.75 Å². The molecule has 0 N–H and O–H groups in total. The van der Waals surface area contributed by atoms with E-state index in [1.165, 1.54) is 0 Å². The maximum atomic E-state index is 6.16. The molecule has 5 nitrogen and oxygen atoms in total. The van der Waals surface area contributed by atoms with Crippen molar-refractivity contribution in [3.63, 3.8) is 0 Å². The Morgan fingerprint density at radius 2 is 2.30 bits per heavy atom. The fraction of sp³-hybridized carbons (Fsp3) is 0.667. The summed E-state index contributed by atoms with van der Waals surface area (Å²) >= 11 is 0. The SMILES string of the molecule is Cc1ccnc2c1OC[C@@H]1C[C@H](OC3CCOC3)CN21. The van der Waals surface area contributed by atoms with Crippen LogP contribution in [0.25, 0.3) is 0 Å². The summed E-state index contributed by atoms with van der Waals surface area (Å²) in [6, 6.07) is 2.39. The summed E-state index contributed by atoms with van der Waals surface area (Å²) in [6.45, 7) is 5.29. The first kappa shape index (κ1) is 12.4. The van der Waals surface area contributed by atoms with Gasteiger partial charge in [-0.1, -0.05) is 0 Å². The lowest BCUT2D eigenvalue weighted by atomic mass is 10.1. The normalized spacial score (nSPS) is 31.9.